The lowest BCUT2D eigenvalue weighted by atomic mass is 9.41. The number of hydrogen-bond acceptors (Lipinski definition) is 8. The van der Waals surface area contributed by atoms with Gasteiger partial charge in [0.25, 0.3) is 0 Å². The molecule has 0 unspecified atom stereocenters. The molecule has 0 aromatic rings. The summed E-state index contributed by atoms with van der Waals surface area (Å²) >= 11 is 0. The first-order valence-corrected chi connectivity index (χ1v) is 17.9. The zero-order valence-electron chi connectivity index (χ0n) is 30.4. The van der Waals surface area contributed by atoms with Gasteiger partial charge >= 0.3 is 23.9 Å². The third-order valence-corrected chi connectivity index (χ3v) is 14.7. The van der Waals surface area contributed by atoms with Crippen molar-refractivity contribution < 1.29 is 38.1 Å². The Balaban J connectivity index is 1.41. The smallest absolute Gasteiger partial charge is 0.303 e. The van der Waals surface area contributed by atoms with E-state index in [1.165, 1.54) is 40.5 Å². The zero-order valence-corrected chi connectivity index (χ0v) is 30.4. The second-order valence-electron chi connectivity index (χ2n) is 17.7. The summed E-state index contributed by atoms with van der Waals surface area (Å²) in [6.07, 6.45) is 9.35. The van der Waals surface area contributed by atoms with E-state index in [0.29, 0.717) is 29.1 Å². The molecule has 8 heteroatoms. The van der Waals surface area contributed by atoms with Crippen molar-refractivity contribution in [2.45, 2.75) is 164 Å². The molecule has 0 saturated heterocycles. The minimum absolute atomic E-state index is 0.0158. The van der Waals surface area contributed by atoms with Gasteiger partial charge in [-0.2, -0.15) is 0 Å². The third kappa shape index (κ3) is 5.30. The van der Waals surface area contributed by atoms with Gasteiger partial charge in [-0.1, -0.05) is 34.6 Å². The molecule has 5 aliphatic carbocycles. The molecule has 2 spiro atoms. The Morgan fingerprint density at radius 3 is 1.93 bits per heavy atom. The van der Waals surface area contributed by atoms with E-state index in [4.69, 9.17) is 18.9 Å². The molecule has 11 atom stereocenters. The van der Waals surface area contributed by atoms with Gasteiger partial charge < -0.3 is 18.9 Å². The quantitative estimate of drug-likeness (QED) is 0.187. The van der Waals surface area contributed by atoms with Crippen molar-refractivity contribution in [1.82, 2.24) is 0 Å². The molecule has 0 radical (unpaired) electrons. The van der Waals surface area contributed by atoms with Crippen LogP contribution in [-0.4, -0.2) is 47.8 Å². The lowest BCUT2D eigenvalue weighted by Crippen LogP contribution is -2.58. The van der Waals surface area contributed by atoms with E-state index < -0.39 is 23.6 Å². The lowest BCUT2D eigenvalue weighted by Gasteiger charge is -2.63. The van der Waals surface area contributed by atoms with Gasteiger partial charge in [0.15, 0.2) is 0 Å². The Bertz CT molecular complexity index is 1250. The fourth-order valence-electron chi connectivity index (χ4n) is 12.9. The van der Waals surface area contributed by atoms with Crippen molar-refractivity contribution in [2.75, 3.05) is 0 Å². The highest BCUT2D eigenvalue weighted by molar-refractivity contribution is 5.68. The van der Waals surface area contributed by atoms with Crippen LogP contribution in [0.4, 0.5) is 0 Å². The molecule has 46 heavy (non-hydrogen) atoms. The van der Waals surface area contributed by atoms with E-state index >= 15 is 0 Å². The molecular weight excluding hydrogens is 584 g/mol. The van der Waals surface area contributed by atoms with Crippen molar-refractivity contribution in [3.63, 3.8) is 0 Å². The molecule has 0 aliphatic heterocycles. The SMILES string of the molecule is CC(=O)O[C@H]1C[C@@]2(C)[C@@H]3CC[C@H]4C(C)(C)[C@@H](OC(C)=O)CC[C@@]45C[C@@]35CC[C@]2(C)[C@H]1[C@H](C)CC[C@H](OC(C)=O)C(C)(C)OC(C)=O. The van der Waals surface area contributed by atoms with E-state index in [2.05, 4.69) is 34.6 Å². The molecule has 5 fully saturated rings. The molecule has 5 aliphatic rings. The maximum atomic E-state index is 12.6. The van der Waals surface area contributed by atoms with Gasteiger partial charge in [0, 0.05) is 39.0 Å². The first-order chi connectivity index (χ1) is 21.2. The van der Waals surface area contributed by atoms with Crippen LogP contribution < -0.4 is 0 Å². The van der Waals surface area contributed by atoms with Gasteiger partial charge in [-0.05, 0) is 117 Å². The fourth-order valence-corrected chi connectivity index (χ4v) is 12.9. The van der Waals surface area contributed by atoms with Crippen molar-refractivity contribution in [3.8, 4) is 0 Å². The van der Waals surface area contributed by atoms with Crippen molar-refractivity contribution in [2.24, 2.45) is 50.7 Å². The molecule has 8 nitrogen and oxygen atoms in total. The van der Waals surface area contributed by atoms with E-state index in [1.807, 2.05) is 0 Å². The van der Waals surface area contributed by atoms with Crippen molar-refractivity contribution >= 4 is 23.9 Å². The molecule has 5 saturated carbocycles. The Labute approximate surface area is 276 Å². The summed E-state index contributed by atoms with van der Waals surface area (Å²) in [5.41, 5.74) is -0.408. The summed E-state index contributed by atoms with van der Waals surface area (Å²) < 4.78 is 23.5. The van der Waals surface area contributed by atoms with Gasteiger partial charge in [-0.25, -0.2) is 0 Å². The van der Waals surface area contributed by atoms with Crippen molar-refractivity contribution in [1.29, 1.82) is 0 Å². The molecular formula is C38H60O8. The van der Waals surface area contributed by atoms with Crippen LogP contribution in [-0.2, 0) is 38.1 Å². The number of carbonyl (C=O) groups is 4. The van der Waals surface area contributed by atoms with Crippen LogP contribution in [0.1, 0.15) is 140 Å². The molecule has 0 bridgehead atoms. The number of ether oxygens (including phenoxy) is 4. The predicted molar refractivity (Wildman–Crippen MR) is 173 cm³/mol. The summed E-state index contributed by atoms with van der Waals surface area (Å²) in [6, 6.07) is 0. The van der Waals surface area contributed by atoms with Crippen LogP contribution in [0.2, 0.25) is 0 Å². The van der Waals surface area contributed by atoms with Crippen LogP contribution in [0, 0.1) is 50.7 Å². The Morgan fingerprint density at radius 1 is 0.739 bits per heavy atom. The van der Waals surface area contributed by atoms with Crippen LogP contribution in [0.5, 0.6) is 0 Å². The number of carbonyl (C=O) groups excluding carboxylic acids is 4. The normalized spacial score (nSPS) is 41.8. The van der Waals surface area contributed by atoms with Gasteiger partial charge in [0.1, 0.15) is 23.9 Å². The second-order valence-corrected chi connectivity index (χ2v) is 17.7. The molecule has 0 amide bonds. The van der Waals surface area contributed by atoms with Crippen LogP contribution >= 0.6 is 0 Å². The molecule has 0 aromatic heterocycles. The summed E-state index contributed by atoms with van der Waals surface area (Å²) in [5, 5.41) is 0. The Hall–Kier alpha value is -2.12. The van der Waals surface area contributed by atoms with Gasteiger partial charge in [0.05, 0.1) is 0 Å². The summed E-state index contributed by atoms with van der Waals surface area (Å²) in [4.78, 5) is 48.5. The summed E-state index contributed by atoms with van der Waals surface area (Å²) in [6.45, 7) is 21.3. The Kier molecular flexibility index (Phi) is 8.80. The van der Waals surface area contributed by atoms with Gasteiger partial charge in [0.2, 0.25) is 0 Å². The number of rotatable bonds is 9. The highest BCUT2D eigenvalue weighted by Gasteiger charge is 2.83. The minimum Gasteiger partial charge on any atom is -0.462 e. The van der Waals surface area contributed by atoms with E-state index in [0.717, 1.165) is 44.9 Å². The average molecular weight is 645 g/mol. The predicted octanol–water partition coefficient (Wildman–Crippen LogP) is 7.59. The first kappa shape index (κ1) is 35.2. The number of esters is 4. The van der Waals surface area contributed by atoms with E-state index in [9.17, 15) is 19.2 Å². The Morgan fingerprint density at radius 2 is 1.35 bits per heavy atom. The monoisotopic (exact) mass is 644 g/mol. The van der Waals surface area contributed by atoms with E-state index in [-0.39, 0.29) is 52.2 Å². The molecule has 0 aromatic carbocycles. The summed E-state index contributed by atoms with van der Waals surface area (Å²) in [7, 11) is 0. The second kappa shape index (κ2) is 11.5. The largest absolute Gasteiger partial charge is 0.462 e. The standard InChI is InChI=1S/C38H60O8/c1-22(12-15-31(45-25(4)41)34(8,9)46-26(5)42)32-27(43-23(2)39)20-36(11)29-14-13-28-33(6,7)30(44-24(3)40)16-17-37(28)21-38(29,37)19-18-35(32,36)10/h22,27-32H,12-21H2,1-11H3/t22-,27+,28+,29+,30+,31+,32+,35-,36+,37-,38+/m1/s1. The minimum atomic E-state index is -0.959. The molecule has 260 valence electrons. The maximum Gasteiger partial charge on any atom is 0.303 e. The third-order valence-electron chi connectivity index (χ3n) is 14.7. The van der Waals surface area contributed by atoms with Gasteiger partial charge in [-0.3, -0.25) is 19.2 Å². The van der Waals surface area contributed by atoms with Crippen LogP contribution in [0.15, 0.2) is 0 Å². The lowest BCUT2D eigenvalue weighted by molar-refractivity contribution is -0.183. The van der Waals surface area contributed by atoms with Crippen molar-refractivity contribution in [3.05, 3.63) is 0 Å². The number of hydrogen-bond donors (Lipinski definition) is 0. The average Bonchev–Trinajstić information content (AvgIpc) is 3.51. The van der Waals surface area contributed by atoms with Gasteiger partial charge in [-0.15, -0.1) is 0 Å². The highest BCUT2D eigenvalue weighted by atomic mass is 16.6. The van der Waals surface area contributed by atoms with Crippen LogP contribution in [0.25, 0.3) is 0 Å². The molecule has 0 N–H and O–H groups in total. The molecule has 0 heterocycles. The fraction of sp³-hybridized carbons (Fsp3) is 0.895. The zero-order chi connectivity index (χ0) is 34.3. The number of fused-ring (bicyclic) bond motifs is 2. The highest BCUT2D eigenvalue weighted by Crippen LogP contribution is 2.89. The maximum absolute atomic E-state index is 12.6. The topological polar surface area (TPSA) is 105 Å². The first-order valence-electron chi connectivity index (χ1n) is 17.9. The van der Waals surface area contributed by atoms with Crippen LogP contribution in [0.3, 0.4) is 0 Å². The summed E-state index contributed by atoms with van der Waals surface area (Å²) in [5.74, 6) is 0.254. The molecule has 5 rings (SSSR count). The van der Waals surface area contributed by atoms with E-state index in [1.54, 1.807) is 13.8 Å².